The summed E-state index contributed by atoms with van der Waals surface area (Å²) >= 11 is 0. The molecule has 0 aliphatic carbocycles. The third-order valence-corrected chi connectivity index (χ3v) is 4.28. The molecule has 0 aliphatic rings. The Bertz CT molecular complexity index is 797. The first-order valence-corrected chi connectivity index (χ1v) is 9.05. The highest BCUT2D eigenvalue weighted by molar-refractivity contribution is 5.95. The Hall–Kier alpha value is -2.70. The maximum atomic E-state index is 13.2. The molecule has 1 unspecified atom stereocenters. The predicted molar refractivity (Wildman–Crippen MR) is 101 cm³/mol. The Morgan fingerprint density at radius 3 is 2.33 bits per heavy atom. The van der Waals surface area contributed by atoms with Crippen LogP contribution in [-0.4, -0.2) is 33.3 Å². The largest absolute Gasteiger partial charge is 0.481 e. The van der Waals surface area contributed by atoms with Crippen LogP contribution in [0.25, 0.3) is 5.69 Å². The summed E-state index contributed by atoms with van der Waals surface area (Å²) in [5, 5.41) is 16.3. The summed E-state index contributed by atoms with van der Waals surface area (Å²) in [7, 11) is 0. The zero-order chi connectivity index (χ0) is 20.1. The number of hydrogen-bond acceptors (Lipinski definition) is 3. The van der Waals surface area contributed by atoms with Crippen molar-refractivity contribution in [3.63, 3.8) is 0 Å². The molecule has 1 heterocycles. The topological polar surface area (TPSA) is 84.2 Å². The Balaban J connectivity index is 2.23. The predicted octanol–water partition coefficient (Wildman–Crippen LogP) is 3.61. The van der Waals surface area contributed by atoms with Gasteiger partial charge in [-0.3, -0.25) is 9.59 Å². The van der Waals surface area contributed by atoms with E-state index in [0.717, 1.165) is 0 Å². The van der Waals surface area contributed by atoms with Gasteiger partial charge in [0.2, 0.25) is 0 Å². The number of carboxylic acids is 1. The number of carboxylic acid groups (broad SMARTS) is 1. The summed E-state index contributed by atoms with van der Waals surface area (Å²) in [5.74, 6) is -2.06. The van der Waals surface area contributed by atoms with Crippen LogP contribution in [0.4, 0.5) is 4.39 Å². The van der Waals surface area contributed by atoms with E-state index in [1.165, 1.54) is 18.3 Å². The molecule has 1 aromatic carbocycles. The summed E-state index contributed by atoms with van der Waals surface area (Å²) < 4.78 is 14.8. The molecule has 2 rings (SSSR count). The molecular weight excluding hydrogens is 349 g/mol. The van der Waals surface area contributed by atoms with Gasteiger partial charge < -0.3 is 10.4 Å². The van der Waals surface area contributed by atoms with Crippen LogP contribution in [0.3, 0.4) is 0 Å². The van der Waals surface area contributed by atoms with E-state index in [2.05, 4.69) is 10.4 Å². The normalized spacial score (nSPS) is 12.4. The van der Waals surface area contributed by atoms with Gasteiger partial charge in [0.1, 0.15) is 5.82 Å². The lowest BCUT2D eigenvalue weighted by atomic mass is 9.97. The molecule has 0 bridgehead atoms. The van der Waals surface area contributed by atoms with Crippen LogP contribution < -0.4 is 5.32 Å². The molecule has 6 nitrogen and oxygen atoms in total. The monoisotopic (exact) mass is 375 g/mol. The molecule has 146 valence electrons. The number of halogens is 1. The summed E-state index contributed by atoms with van der Waals surface area (Å²) in [6, 6.07) is 5.87. The molecular formula is C20H26FN3O3. The highest BCUT2D eigenvalue weighted by Gasteiger charge is 2.24. The number of nitrogens with one attached hydrogen (secondary N) is 1. The molecule has 0 spiro atoms. The lowest BCUT2D eigenvalue weighted by molar-refractivity contribution is -0.142. The zero-order valence-corrected chi connectivity index (χ0v) is 16.1. The van der Waals surface area contributed by atoms with Crippen LogP contribution >= 0.6 is 0 Å². The van der Waals surface area contributed by atoms with Gasteiger partial charge in [0.25, 0.3) is 5.91 Å². The molecule has 27 heavy (non-hydrogen) atoms. The van der Waals surface area contributed by atoms with Crippen LogP contribution in [0, 0.1) is 17.7 Å². The van der Waals surface area contributed by atoms with Gasteiger partial charge in [-0.1, -0.05) is 27.7 Å². The molecule has 7 heteroatoms. The minimum absolute atomic E-state index is 0.00997. The van der Waals surface area contributed by atoms with Gasteiger partial charge >= 0.3 is 5.97 Å². The van der Waals surface area contributed by atoms with E-state index in [-0.39, 0.29) is 30.1 Å². The number of amides is 1. The Morgan fingerprint density at radius 2 is 1.81 bits per heavy atom. The molecule has 0 saturated carbocycles. The Morgan fingerprint density at radius 1 is 1.19 bits per heavy atom. The van der Waals surface area contributed by atoms with Crippen molar-refractivity contribution < 1.29 is 19.1 Å². The average molecular weight is 375 g/mol. The molecule has 2 aromatic rings. The fraction of sp³-hybridized carbons (Fsp3) is 0.450. The van der Waals surface area contributed by atoms with E-state index >= 15 is 0 Å². The first kappa shape index (κ1) is 20.6. The summed E-state index contributed by atoms with van der Waals surface area (Å²) in [4.78, 5) is 24.0. The van der Waals surface area contributed by atoms with Crippen molar-refractivity contribution in [2.24, 2.45) is 11.8 Å². The number of aromatic nitrogens is 2. The average Bonchev–Trinajstić information content (AvgIpc) is 3.03. The van der Waals surface area contributed by atoms with Crippen molar-refractivity contribution in [1.29, 1.82) is 0 Å². The van der Waals surface area contributed by atoms with Gasteiger partial charge in [-0.15, -0.1) is 0 Å². The lowest BCUT2D eigenvalue weighted by Gasteiger charge is -2.16. The second kappa shape index (κ2) is 8.79. The Kier molecular flexibility index (Phi) is 6.71. The minimum atomic E-state index is -0.921. The quantitative estimate of drug-likeness (QED) is 0.738. The second-order valence-corrected chi connectivity index (χ2v) is 7.36. The van der Waals surface area contributed by atoms with Crippen LogP contribution in [-0.2, 0) is 4.79 Å². The first-order valence-electron chi connectivity index (χ1n) is 9.05. The van der Waals surface area contributed by atoms with Crippen LogP contribution in [0.5, 0.6) is 0 Å². The van der Waals surface area contributed by atoms with Crippen LogP contribution in [0.15, 0.2) is 30.5 Å². The van der Waals surface area contributed by atoms with Gasteiger partial charge in [0, 0.05) is 6.54 Å². The number of carbonyl (C=O) groups excluding carboxylic acids is 1. The standard InChI is InChI=1S/C20H26FN3O3/c1-12(2)9-14(20(26)27)10-22-19(25)17-11-23-24(18(17)13(3)4)16-7-5-15(21)6-8-16/h5-8,11-14H,9-10H2,1-4H3,(H,22,25)(H,26,27). The van der Waals surface area contributed by atoms with E-state index in [0.29, 0.717) is 23.4 Å². The number of rotatable bonds is 8. The van der Waals surface area contributed by atoms with Crippen molar-refractivity contribution in [2.75, 3.05) is 6.54 Å². The molecule has 1 aromatic heterocycles. The van der Waals surface area contributed by atoms with Crippen molar-refractivity contribution in [3.8, 4) is 5.69 Å². The highest BCUT2D eigenvalue weighted by atomic mass is 19.1. The van der Waals surface area contributed by atoms with Crippen molar-refractivity contribution in [2.45, 2.75) is 40.0 Å². The fourth-order valence-electron chi connectivity index (χ4n) is 3.03. The molecule has 1 amide bonds. The van der Waals surface area contributed by atoms with Gasteiger partial charge in [0.15, 0.2) is 0 Å². The summed E-state index contributed by atoms with van der Waals surface area (Å²) in [5.41, 5.74) is 1.74. The number of hydrogen-bond donors (Lipinski definition) is 2. The third kappa shape index (κ3) is 5.15. The zero-order valence-electron chi connectivity index (χ0n) is 16.1. The molecule has 1 atom stereocenters. The Labute approximate surface area is 158 Å². The van der Waals surface area contributed by atoms with E-state index in [9.17, 15) is 19.1 Å². The van der Waals surface area contributed by atoms with Crippen LogP contribution in [0.1, 0.15) is 56.1 Å². The third-order valence-electron chi connectivity index (χ3n) is 4.28. The van der Waals surface area contributed by atoms with E-state index in [4.69, 9.17) is 0 Å². The molecule has 0 radical (unpaired) electrons. The minimum Gasteiger partial charge on any atom is -0.481 e. The summed E-state index contributed by atoms with van der Waals surface area (Å²) in [6.07, 6.45) is 1.95. The molecule has 0 aliphatic heterocycles. The molecule has 2 N–H and O–H groups in total. The van der Waals surface area contributed by atoms with E-state index in [1.807, 2.05) is 27.7 Å². The second-order valence-electron chi connectivity index (χ2n) is 7.36. The van der Waals surface area contributed by atoms with Crippen LogP contribution in [0.2, 0.25) is 0 Å². The van der Waals surface area contributed by atoms with Gasteiger partial charge in [-0.05, 0) is 42.5 Å². The number of carbonyl (C=O) groups is 2. The van der Waals surface area contributed by atoms with Crippen molar-refractivity contribution >= 4 is 11.9 Å². The fourth-order valence-corrected chi connectivity index (χ4v) is 3.03. The van der Waals surface area contributed by atoms with E-state index < -0.39 is 11.9 Å². The summed E-state index contributed by atoms with van der Waals surface area (Å²) in [6.45, 7) is 7.83. The SMILES string of the molecule is CC(C)CC(CNC(=O)c1cnn(-c2ccc(F)cc2)c1C(C)C)C(=O)O. The number of benzene rings is 1. The van der Waals surface area contributed by atoms with Gasteiger partial charge in [-0.2, -0.15) is 5.10 Å². The van der Waals surface area contributed by atoms with E-state index in [1.54, 1.807) is 16.8 Å². The maximum Gasteiger partial charge on any atom is 0.308 e. The number of nitrogens with zero attached hydrogens (tertiary/aromatic N) is 2. The van der Waals surface area contributed by atoms with Gasteiger partial charge in [-0.25, -0.2) is 9.07 Å². The highest BCUT2D eigenvalue weighted by Crippen LogP contribution is 2.23. The lowest BCUT2D eigenvalue weighted by Crippen LogP contribution is -2.34. The van der Waals surface area contributed by atoms with Gasteiger partial charge in [0.05, 0.1) is 29.1 Å². The molecule has 0 fully saturated rings. The molecule has 0 saturated heterocycles. The smallest absolute Gasteiger partial charge is 0.308 e. The maximum absolute atomic E-state index is 13.2. The first-order chi connectivity index (χ1) is 12.7. The van der Waals surface area contributed by atoms with Crippen molar-refractivity contribution in [1.82, 2.24) is 15.1 Å². The number of aliphatic carboxylic acids is 1. The van der Waals surface area contributed by atoms with Crippen molar-refractivity contribution in [3.05, 3.63) is 47.5 Å².